The second-order valence-corrected chi connectivity index (χ2v) is 5.85. The molecule has 1 aromatic heterocycles. The van der Waals surface area contributed by atoms with E-state index in [1.54, 1.807) is 0 Å². The number of aromatic nitrogens is 1. The number of para-hydroxylation sites is 1. The summed E-state index contributed by atoms with van der Waals surface area (Å²) >= 11 is 0. The Morgan fingerprint density at radius 2 is 2.32 bits per heavy atom. The molecule has 0 bridgehead atoms. The Morgan fingerprint density at radius 3 is 3.16 bits per heavy atom. The van der Waals surface area contributed by atoms with Crippen molar-refractivity contribution in [2.24, 2.45) is 5.41 Å². The number of nitrogens with one attached hydrogen (secondary N) is 1. The van der Waals surface area contributed by atoms with Gasteiger partial charge >= 0.3 is 0 Å². The van der Waals surface area contributed by atoms with E-state index >= 15 is 0 Å². The lowest BCUT2D eigenvalue weighted by molar-refractivity contribution is 0.137. The van der Waals surface area contributed by atoms with E-state index in [1.807, 2.05) is 6.20 Å². The van der Waals surface area contributed by atoms with E-state index in [4.69, 9.17) is 0 Å². The van der Waals surface area contributed by atoms with Crippen LogP contribution in [0.3, 0.4) is 0 Å². The van der Waals surface area contributed by atoms with Gasteiger partial charge in [0.25, 0.3) is 0 Å². The molecule has 1 aliphatic heterocycles. The number of nitriles is 1. The molecule has 1 saturated heterocycles. The van der Waals surface area contributed by atoms with Gasteiger partial charge in [-0.25, -0.2) is 0 Å². The maximum absolute atomic E-state index is 9.29. The van der Waals surface area contributed by atoms with Crippen molar-refractivity contribution in [1.29, 1.82) is 5.26 Å². The first-order valence-electron chi connectivity index (χ1n) is 6.89. The second-order valence-electron chi connectivity index (χ2n) is 5.85. The molecule has 1 unspecified atom stereocenters. The van der Waals surface area contributed by atoms with Crippen LogP contribution in [0.25, 0.3) is 10.9 Å². The van der Waals surface area contributed by atoms with Crippen molar-refractivity contribution in [3.8, 4) is 6.07 Å². The van der Waals surface area contributed by atoms with Crippen LogP contribution in [0.1, 0.15) is 25.3 Å². The van der Waals surface area contributed by atoms with Gasteiger partial charge in [0.05, 0.1) is 11.5 Å². The minimum absolute atomic E-state index is 0.179. The summed E-state index contributed by atoms with van der Waals surface area (Å²) in [6.07, 6.45) is 4.13. The van der Waals surface area contributed by atoms with Crippen molar-refractivity contribution in [3.05, 3.63) is 36.0 Å². The van der Waals surface area contributed by atoms with E-state index in [-0.39, 0.29) is 5.41 Å². The Morgan fingerprint density at radius 1 is 1.42 bits per heavy atom. The Labute approximate surface area is 113 Å². The van der Waals surface area contributed by atoms with E-state index in [0.717, 1.165) is 32.5 Å². The molecule has 0 spiro atoms. The first kappa shape index (κ1) is 12.3. The summed E-state index contributed by atoms with van der Waals surface area (Å²) < 4.78 is 0. The number of aromatic amines is 1. The topological polar surface area (TPSA) is 42.8 Å². The Balaban J connectivity index is 1.82. The summed E-state index contributed by atoms with van der Waals surface area (Å²) in [7, 11) is 0. The zero-order valence-electron chi connectivity index (χ0n) is 11.3. The molecular formula is C16H19N3. The lowest BCUT2D eigenvalue weighted by atomic mass is 9.83. The average molecular weight is 253 g/mol. The average Bonchev–Trinajstić information content (AvgIpc) is 2.88. The standard InChI is InChI=1S/C16H19N3/c1-16(11-17)7-3-9-19(12-16)10-14-5-2-4-13-6-8-18-15(13)14/h2,4-6,8,18H,3,7,9-10,12H2,1H3. The van der Waals surface area contributed by atoms with Gasteiger partial charge in [0.15, 0.2) is 0 Å². The molecule has 19 heavy (non-hydrogen) atoms. The predicted octanol–water partition coefficient (Wildman–Crippen LogP) is 3.29. The molecule has 3 nitrogen and oxygen atoms in total. The number of benzene rings is 1. The van der Waals surface area contributed by atoms with E-state index < -0.39 is 0 Å². The van der Waals surface area contributed by atoms with Gasteiger partial charge in [-0.3, -0.25) is 4.90 Å². The second kappa shape index (κ2) is 4.71. The molecule has 3 heteroatoms. The first-order valence-corrected chi connectivity index (χ1v) is 6.89. The van der Waals surface area contributed by atoms with Crippen molar-refractivity contribution in [2.75, 3.05) is 13.1 Å². The highest BCUT2D eigenvalue weighted by Gasteiger charge is 2.30. The molecule has 0 aliphatic carbocycles. The Kier molecular flexibility index (Phi) is 3.04. The van der Waals surface area contributed by atoms with Crippen molar-refractivity contribution in [3.63, 3.8) is 0 Å². The normalized spacial score (nSPS) is 24.4. The van der Waals surface area contributed by atoms with Gasteiger partial charge in [-0.15, -0.1) is 0 Å². The zero-order chi connectivity index (χ0) is 13.3. The van der Waals surface area contributed by atoms with Crippen molar-refractivity contribution in [1.82, 2.24) is 9.88 Å². The fraction of sp³-hybridized carbons (Fsp3) is 0.438. The molecule has 1 atom stereocenters. The molecule has 98 valence electrons. The van der Waals surface area contributed by atoms with E-state index in [1.165, 1.54) is 16.5 Å². The van der Waals surface area contributed by atoms with Crippen LogP contribution in [-0.2, 0) is 6.54 Å². The van der Waals surface area contributed by atoms with Crippen LogP contribution in [0.5, 0.6) is 0 Å². The molecule has 1 N–H and O–H groups in total. The summed E-state index contributed by atoms with van der Waals surface area (Å²) in [5, 5.41) is 10.6. The van der Waals surface area contributed by atoms with E-state index in [0.29, 0.717) is 0 Å². The number of hydrogen-bond donors (Lipinski definition) is 1. The Bertz CT molecular complexity index is 622. The highest BCUT2D eigenvalue weighted by atomic mass is 15.1. The zero-order valence-corrected chi connectivity index (χ0v) is 11.3. The molecule has 0 saturated carbocycles. The van der Waals surface area contributed by atoms with Gasteiger partial charge < -0.3 is 4.98 Å². The minimum atomic E-state index is -0.179. The van der Waals surface area contributed by atoms with Crippen LogP contribution >= 0.6 is 0 Å². The van der Waals surface area contributed by atoms with Crippen molar-refractivity contribution in [2.45, 2.75) is 26.3 Å². The van der Waals surface area contributed by atoms with Gasteiger partial charge in [0.1, 0.15) is 0 Å². The van der Waals surface area contributed by atoms with Crippen molar-refractivity contribution >= 4 is 10.9 Å². The van der Waals surface area contributed by atoms with E-state index in [2.05, 4.69) is 47.1 Å². The number of piperidine rings is 1. The summed E-state index contributed by atoms with van der Waals surface area (Å²) in [5.41, 5.74) is 2.37. The molecule has 0 radical (unpaired) electrons. The molecule has 1 aliphatic rings. The lowest BCUT2D eigenvalue weighted by Gasteiger charge is -2.36. The fourth-order valence-electron chi connectivity index (χ4n) is 3.09. The number of rotatable bonds is 2. The third-order valence-electron chi connectivity index (χ3n) is 4.11. The van der Waals surface area contributed by atoms with Gasteiger partial charge in [0, 0.05) is 24.8 Å². The number of fused-ring (bicyclic) bond motifs is 1. The SMILES string of the molecule is CC1(C#N)CCCN(Cc2cccc3cc[nH]c23)C1. The molecule has 0 amide bonds. The predicted molar refractivity (Wildman–Crippen MR) is 76.5 cm³/mol. The van der Waals surface area contributed by atoms with Crippen molar-refractivity contribution < 1.29 is 0 Å². The smallest absolute Gasteiger partial charge is 0.0700 e. The van der Waals surface area contributed by atoms with E-state index in [9.17, 15) is 5.26 Å². The summed E-state index contributed by atoms with van der Waals surface area (Å²) in [6, 6.07) is 11.0. The quantitative estimate of drug-likeness (QED) is 0.892. The molecule has 2 aromatic rings. The van der Waals surface area contributed by atoms with Gasteiger partial charge in [-0.05, 0) is 43.3 Å². The largest absolute Gasteiger partial charge is 0.361 e. The van der Waals surface area contributed by atoms with Crippen LogP contribution in [0.2, 0.25) is 0 Å². The molecule has 1 aromatic carbocycles. The molecule has 1 fully saturated rings. The third-order valence-corrected chi connectivity index (χ3v) is 4.11. The van der Waals surface area contributed by atoms with Crippen LogP contribution in [0, 0.1) is 16.7 Å². The van der Waals surface area contributed by atoms with Gasteiger partial charge in [-0.2, -0.15) is 5.26 Å². The third kappa shape index (κ3) is 2.36. The first-order chi connectivity index (χ1) is 9.20. The number of hydrogen-bond acceptors (Lipinski definition) is 2. The monoisotopic (exact) mass is 253 g/mol. The summed E-state index contributed by atoms with van der Waals surface area (Å²) in [6.45, 7) is 4.97. The van der Waals surface area contributed by atoms with Crippen LogP contribution in [0.15, 0.2) is 30.5 Å². The summed E-state index contributed by atoms with van der Waals surface area (Å²) in [4.78, 5) is 5.73. The summed E-state index contributed by atoms with van der Waals surface area (Å²) in [5.74, 6) is 0. The molecular weight excluding hydrogens is 234 g/mol. The molecule has 3 rings (SSSR count). The fourth-order valence-corrected chi connectivity index (χ4v) is 3.09. The van der Waals surface area contributed by atoms with Gasteiger partial charge in [0.2, 0.25) is 0 Å². The van der Waals surface area contributed by atoms with Crippen LogP contribution in [-0.4, -0.2) is 23.0 Å². The highest BCUT2D eigenvalue weighted by Crippen LogP contribution is 2.30. The number of nitrogens with zero attached hydrogens (tertiary/aromatic N) is 2. The number of likely N-dealkylation sites (tertiary alicyclic amines) is 1. The van der Waals surface area contributed by atoms with Crippen LogP contribution in [0.4, 0.5) is 0 Å². The van der Waals surface area contributed by atoms with Gasteiger partial charge in [-0.1, -0.05) is 18.2 Å². The number of H-pyrrole nitrogens is 1. The molecule has 2 heterocycles. The highest BCUT2D eigenvalue weighted by molar-refractivity contribution is 5.82. The lowest BCUT2D eigenvalue weighted by Crippen LogP contribution is -2.40. The maximum atomic E-state index is 9.29. The van der Waals surface area contributed by atoms with Crippen LogP contribution < -0.4 is 0 Å². The maximum Gasteiger partial charge on any atom is 0.0700 e. The minimum Gasteiger partial charge on any atom is -0.361 e. The Hall–Kier alpha value is -1.79.